The average molecular weight is 438 g/mol. The van der Waals surface area contributed by atoms with Gasteiger partial charge in [0.1, 0.15) is 0 Å². The van der Waals surface area contributed by atoms with Crippen molar-refractivity contribution in [3.63, 3.8) is 0 Å². The molecule has 0 aliphatic carbocycles. The van der Waals surface area contributed by atoms with Crippen molar-refractivity contribution in [2.75, 3.05) is 29.9 Å². The highest BCUT2D eigenvalue weighted by Crippen LogP contribution is 2.49. The van der Waals surface area contributed by atoms with Crippen LogP contribution in [-0.2, 0) is 0 Å². The van der Waals surface area contributed by atoms with Crippen LogP contribution >= 0.6 is 0 Å². The van der Waals surface area contributed by atoms with Gasteiger partial charge in [-0.2, -0.15) is 0 Å². The molecule has 0 saturated carbocycles. The lowest BCUT2D eigenvalue weighted by atomic mass is 9.76. The quantitative estimate of drug-likeness (QED) is 0.378. The van der Waals surface area contributed by atoms with Gasteiger partial charge >= 0.3 is 0 Å². The summed E-state index contributed by atoms with van der Waals surface area (Å²) in [6, 6.07) is 26.8. The molecule has 5 rings (SSSR count). The normalized spacial score (nSPS) is 19.0. The van der Waals surface area contributed by atoms with Gasteiger partial charge in [-0.3, -0.25) is 0 Å². The Labute approximate surface area is 198 Å². The van der Waals surface area contributed by atoms with E-state index in [1.165, 1.54) is 34.4 Å². The molecule has 2 aliphatic rings. The number of hydrogen-bond donors (Lipinski definition) is 2. The summed E-state index contributed by atoms with van der Waals surface area (Å²) in [5.74, 6) is 1.73. The predicted octanol–water partition coefficient (Wildman–Crippen LogP) is 6.84. The summed E-state index contributed by atoms with van der Waals surface area (Å²) in [5.41, 5.74) is 8.34. The molecule has 3 nitrogen and oxygen atoms in total. The summed E-state index contributed by atoms with van der Waals surface area (Å²) < 4.78 is 0. The predicted molar refractivity (Wildman–Crippen MR) is 140 cm³/mol. The number of nitrogens with zero attached hydrogens (tertiary/aromatic N) is 1. The molecule has 0 aromatic heterocycles. The molecule has 2 N–H and O–H groups in total. The Hall–Kier alpha value is -3.20. The van der Waals surface area contributed by atoms with Gasteiger partial charge in [0.25, 0.3) is 0 Å². The first-order valence-corrected chi connectivity index (χ1v) is 12.5. The Morgan fingerprint density at radius 2 is 1.42 bits per heavy atom. The van der Waals surface area contributed by atoms with Crippen LogP contribution < -0.4 is 15.5 Å². The van der Waals surface area contributed by atoms with Gasteiger partial charge in [-0.15, -0.1) is 0 Å². The Balaban J connectivity index is 1.58. The third kappa shape index (κ3) is 4.50. The van der Waals surface area contributed by atoms with Crippen molar-refractivity contribution in [3.05, 3.63) is 107 Å². The van der Waals surface area contributed by atoms with Crippen molar-refractivity contribution < 1.29 is 0 Å². The minimum atomic E-state index is 0.425. The van der Waals surface area contributed by atoms with E-state index in [0.29, 0.717) is 11.8 Å². The van der Waals surface area contributed by atoms with E-state index >= 15 is 0 Å². The molecule has 0 radical (unpaired) electrons. The largest absolute Gasteiger partial charge is 0.372 e. The monoisotopic (exact) mass is 437 g/mol. The third-order valence-corrected chi connectivity index (χ3v) is 7.18. The molecule has 0 bridgehead atoms. The second kappa shape index (κ2) is 9.74. The molecule has 0 spiro atoms. The summed E-state index contributed by atoms with van der Waals surface area (Å²) >= 11 is 0. The zero-order chi connectivity index (χ0) is 22.6. The Morgan fingerprint density at radius 3 is 1.94 bits per heavy atom. The van der Waals surface area contributed by atoms with E-state index in [-0.39, 0.29) is 0 Å². The number of hydrogen-bond acceptors (Lipinski definition) is 3. The first-order chi connectivity index (χ1) is 16.2. The van der Waals surface area contributed by atoms with Crippen molar-refractivity contribution >= 4 is 11.4 Å². The molecule has 2 heterocycles. The zero-order valence-corrected chi connectivity index (χ0v) is 19.7. The van der Waals surface area contributed by atoms with E-state index in [1.807, 2.05) is 0 Å². The van der Waals surface area contributed by atoms with Gasteiger partial charge in [-0.1, -0.05) is 80.6 Å². The number of rotatable bonds is 8. The van der Waals surface area contributed by atoms with Crippen LogP contribution in [0, 0.1) is 0 Å². The van der Waals surface area contributed by atoms with Crippen LogP contribution in [0.3, 0.4) is 0 Å². The van der Waals surface area contributed by atoms with Crippen LogP contribution in [0.1, 0.15) is 66.7 Å². The lowest BCUT2D eigenvalue weighted by molar-refractivity contribution is 0.571. The molecule has 0 fully saturated rings. The van der Waals surface area contributed by atoms with Gasteiger partial charge in [0.05, 0.1) is 5.82 Å². The topological polar surface area (TPSA) is 27.3 Å². The summed E-state index contributed by atoms with van der Waals surface area (Å²) in [7, 11) is 0. The fourth-order valence-electron chi connectivity index (χ4n) is 5.56. The van der Waals surface area contributed by atoms with Crippen LogP contribution in [0.4, 0.5) is 11.4 Å². The number of benzene rings is 3. The van der Waals surface area contributed by atoms with Crippen LogP contribution in [0.25, 0.3) is 0 Å². The first kappa shape index (κ1) is 21.6. The van der Waals surface area contributed by atoms with E-state index in [9.17, 15) is 0 Å². The van der Waals surface area contributed by atoms with Crippen LogP contribution in [-0.4, -0.2) is 19.6 Å². The molecule has 170 valence electrons. The minimum Gasteiger partial charge on any atom is -0.372 e. The SMILES string of the molecule is C=C(NCCCC)Nc1cc2c3c(c1)C(c1ccccc1)CCN3CCC2c1ccccc1. The lowest BCUT2D eigenvalue weighted by Crippen LogP contribution is -2.37. The molecule has 0 saturated heterocycles. The van der Waals surface area contributed by atoms with E-state index in [2.05, 4.69) is 102 Å². The van der Waals surface area contributed by atoms with E-state index in [4.69, 9.17) is 0 Å². The summed E-state index contributed by atoms with van der Waals surface area (Å²) in [6.45, 7) is 9.65. The summed E-state index contributed by atoms with van der Waals surface area (Å²) in [5, 5.41) is 7.03. The highest BCUT2D eigenvalue weighted by atomic mass is 15.2. The van der Waals surface area contributed by atoms with E-state index in [1.54, 1.807) is 0 Å². The van der Waals surface area contributed by atoms with Gasteiger partial charge in [-0.05, 0) is 53.6 Å². The number of unbranched alkanes of at least 4 members (excludes halogenated alkanes) is 1. The first-order valence-electron chi connectivity index (χ1n) is 12.5. The number of anilines is 2. The third-order valence-electron chi connectivity index (χ3n) is 7.18. The maximum Gasteiger partial charge on any atom is 0.0957 e. The maximum atomic E-state index is 4.24. The van der Waals surface area contributed by atoms with Gasteiger partial charge in [0, 0.05) is 42.8 Å². The number of nitrogens with one attached hydrogen (secondary N) is 2. The van der Waals surface area contributed by atoms with E-state index in [0.717, 1.165) is 50.4 Å². The fourth-order valence-corrected chi connectivity index (χ4v) is 5.56. The zero-order valence-electron chi connectivity index (χ0n) is 19.7. The van der Waals surface area contributed by atoms with E-state index < -0.39 is 0 Å². The molecule has 0 amide bonds. The smallest absolute Gasteiger partial charge is 0.0957 e. The minimum absolute atomic E-state index is 0.425. The van der Waals surface area contributed by atoms with Crippen molar-refractivity contribution in [1.82, 2.24) is 5.32 Å². The van der Waals surface area contributed by atoms with Crippen molar-refractivity contribution in [3.8, 4) is 0 Å². The highest BCUT2D eigenvalue weighted by molar-refractivity contribution is 5.73. The van der Waals surface area contributed by atoms with Gasteiger partial charge in [0.2, 0.25) is 0 Å². The second-order valence-electron chi connectivity index (χ2n) is 9.38. The molecular weight excluding hydrogens is 402 g/mol. The van der Waals surface area contributed by atoms with Gasteiger partial charge < -0.3 is 15.5 Å². The fraction of sp³-hybridized carbons (Fsp3) is 0.333. The molecule has 2 aliphatic heterocycles. The second-order valence-corrected chi connectivity index (χ2v) is 9.38. The maximum absolute atomic E-state index is 4.24. The molecule has 3 heteroatoms. The van der Waals surface area contributed by atoms with Crippen LogP contribution in [0.15, 0.2) is 85.2 Å². The summed E-state index contributed by atoms with van der Waals surface area (Å²) in [4.78, 5) is 2.63. The summed E-state index contributed by atoms with van der Waals surface area (Å²) in [6.07, 6.45) is 4.64. The van der Waals surface area contributed by atoms with Crippen LogP contribution in [0.5, 0.6) is 0 Å². The Kier molecular flexibility index (Phi) is 6.39. The molecule has 3 aromatic carbocycles. The van der Waals surface area contributed by atoms with Gasteiger partial charge in [0.15, 0.2) is 0 Å². The lowest BCUT2D eigenvalue weighted by Gasteiger charge is -2.43. The van der Waals surface area contributed by atoms with Gasteiger partial charge in [-0.25, -0.2) is 0 Å². The molecule has 3 aromatic rings. The van der Waals surface area contributed by atoms with Crippen LogP contribution in [0.2, 0.25) is 0 Å². The molecule has 2 unspecified atom stereocenters. The van der Waals surface area contributed by atoms with Crippen molar-refractivity contribution in [2.45, 2.75) is 44.4 Å². The van der Waals surface area contributed by atoms with Crippen molar-refractivity contribution in [1.29, 1.82) is 0 Å². The average Bonchev–Trinajstić information content (AvgIpc) is 2.85. The Morgan fingerprint density at radius 1 is 0.879 bits per heavy atom. The molecule has 33 heavy (non-hydrogen) atoms. The van der Waals surface area contributed by atoms with Crippen molar-refractivity contribution in [2.24, 2.45) is 0 Å². The molecule has 2 atom stereocenters. The molecular formula is C30H35N3. The Bertz CT molecular complexity index is 1020. The standard InChI is InChI=1S/C30H35N3/c1-3-4-17-31-22(2)32-25-20-28-26(23-11-7-5-8-12-23)15-18-33-19-16-27(29(21-25)30(28)33)24-13-9-6-10-14-24/h5-14,20-21,26-27,31-32H,2-4,15-19H2,1H3. The highest BCUT2D eigenvalue weighted by Gasteiger charge is 2.35.